The molecule has 1 aliphatic carbocycles. The van der Waals surface area contributed by atoms with Crippen LogP contribution in [0.2, 0.25) is 0 Å². The van der Waals surface area contributed by atoms with Crippen molar-refractivity contribution in [1.82, 2.24) is 0 Å². The average Bonchev–Trinajstić information content (AvgIpc) is 3.80. The smallest absolute Gasteiger partial charge is 0.380 e. The Kier molecular flexibility index (Phi) is 8.46. The van der Waals surface area contributed by atoms with Gasteiger partial charge in [-0.05, 0) is 89.0 Å². The van der Waals surface area contributed by atoms with Gasteiger partial charge in [-0.3, -0.25) is 0 Å². The lowest BCUT2D eigenvalue weighted by Crippen LogP contribution is -2.48. The number of aryl methyl sites for hydroxylation is 1. The molecule has 0 spiro atoms. The third-order valence-corrected chi connectivity index (χ3v) is 14.3. The molecule has 0 saturated heterocycles. The fraction of sp³-hybridized carbons (Fsp3) is 0.351. The number of halogens is 6. The van der Waals surface area contributed by atoms with Gasteiger partial charge in [0.1, 0.15) is 5.75 Å². The van der Waals surface area contributed by atoms with Crippen molar-refractivity contribution in [2.24, 2.45) is 0 Å². The van der Waals surface area contributed by atoms with E-state index in [2.05, 4.69) is 0 Å². The number of phenols is 1. The predicted molar refractivity (Wildman–Crippen MR) is 191 cm³/mol. The Balaban J connectivity index is 1.65. The third-order valence-electron chi connectivity index (χ3n) is 8.37. The first-order valence-electron chi connectivity index (χ1n) is 15.3. The quantitative estimate of drug-likeness (QED) is 0.172. The summed E-state index contributed by atoms with van der Waals surface area (Å²) in [5, 5.41) is 9.94. The second-order valence-electron chi connectivity index (χ2n) is 14.0. The Morgan fingerprint density at radius 3 is 1.50 bits per heavy atom. The Labute approximate surface area is 292 Å². The molecule has 254 valence electrons. The number of benzene rings is 1. The largest absolute Gasteiger partial charge is 0.508 e. The van der Waals surface area contributed by atoms with E-state index in [1.807, 2.05) is 65.8 Å². The molecule has 11 heteroatoms. The van der Waals surface area contributed by atoms with Crippen molar-refractivity contribution in [1.29, 1.82) is 0 Å². The lowest BCUT2D eigenvalue weighted by molar-refractivity contribution is -0.254. The van der Waals surface area contributed by atoms with Crippen LogP contribution in [0.3, 0.4) is 0 Å². The van der Waals surface area contributed by atoms with Crippen LogP contribution >= 0.6 is 45.3 Å². The molecule has 0 amide bonds. The van der Waals surface area contributed by atoms with E-state index in [0.717, 1.165) is 37.3 Å². The highest BCUT2D eigenvalue weighted by Gasteiger charge is 2.80. The molecule has 0 saturated carbocycles. The first-order chi connectivity index (χ1) is 22.2. The van der Waals surface area contributed by atoms with Crippen molar-refractivity contribution in [2.45, 2.75) is 83.5 Å². The van der Waals surface area contributed by atoms with Gasteiger partial charge in [0.2, 0.25) is 0 Å². The van der Waals surface area contributed by atoms with Gasteiger partial charge in [0, 0.05) is 55.7 Å². The molecule has 0 fully saturated rings. The van der Waals surface area contributed by atoms with E-state index in [1.54, 1.807) is 6.92 Å². The Morgan fingerprint density at radius 2 is 1.04 bits per heavy atom. The molecule has 0 atom stereocenters. The first kappa shape index (κ1) is 35.0. The zero-order valence-corrected chi connectivity index (χ0v) is 30.6. The summed E-state index contributed by atoms with van der Waals surface area (Å²) in [4.78, 5) is 5.03. The lowest BCUT2D eigenvalue weighted by atomic mass is 9.93. The molecular weight excluding hydrogens is 703 g/mol. The van der Waals surface area contributed by atoms with Crippen molar-refractivity contribution < 1.29 is 31.4 Å². The van der Waals surface area contributed by atoms with Crippen molar-refractivity contribution in [3.05, 3.63) is 86.4 Å². The maximum absolute atomic E-state index is 16.2. The molecule has 5 aromatic rings. The van der Waals surface area contributed by atoms with Crippen molar-refractivity contribution >= 4 is 56.5 Å². The van der Waals surface area contributed by atoms with Crippen LogP contribution in [0.4, 0.5) is 26.3 Å². The van der Waals surface area contributed by atoms with Crippen molar-refractivity contribution in [2.75, 3.05) is 0 Å². The van der Waals surface area contributed by atoms with Crippen LogP contribution in [-0.4, -0.2) is 22.9 Å². The molecular formula is C37H34F6OS4. The Bertz CT molecular complexity index is 2020. The Hall–Kier alpha value is -2.86. The molecule has 4 aromatic heterocycles. The number of thiophene rings is 4. The fourth-order valence-corrected chi connectivity index (χ4v) is 10.3. The second kappa shape index (κ2) is 11.6. The van der Waals surface area contributed by atoms with Gasteiger partial charge in [0.05, 0.1) is 0 Å². The number of allylic oxidation sites excluding steroid dienone is 2. The SMILES string of the molecule is CCc1sc(-c2ccc(C(C)(C)C)s2)cc1C1=C(c2cc(-c3ccc(C(C)(C)C)s3)sc2-c2ccc(O)cc2)C(F)(F)C(F)(F)C1(F)F. The maximum Gasteiger partial charge on any atom is 0.380 e. The summed E-state index contributed by atoms with van der Waals surface area (Å²) in [7, 11) is 0. The zero-order chi connectivity index (χ0) is 35.2. The minimum atomic E-state index is -5.68. The number of aromatic hydroxyl groups is 1. The van der Waals surface area contributed by atoms with E-state index in [9.17, 15) is 5.11 Å². The van der Waals surface area contributed by atoms with Crippen LogP contribution in [0.5, 0.6) is 5.75 Å². The van der Waals surface area contributed by atoms with Gasteiger partial charge in [-0.1, -0.05) is 48.5 Å². The minimum absolute atomic E-state index is 0.0871. The van der Waals surface area contributed by atoms with E-state index >= 15 is 26.3 Å². The summed E-state index contributed by atoms with van der Waals surface area (Å²) in [5.74, 6) is -16.1. The fourth-order valence-electron chi connectivity index (χ4n) is 5.73. The number of hydrogen-bond donors (Lipinski definition) is 1. The molecule has 0 aliphatic heterocycles. The van der Waals surface area contributed by atoms with Gasteiger partial charge in [-0.25, -0.2) is 0 Å². The van der Waals surface area contributed by atoms with Crippen LogP contribution in [0, 0.1) is 0 Å². The average molecular weight is 737 g/mol. The van der Waals surface area contributed by atoms with Gasteiger partial charge in [-0.15, -0.1) is 45.3 Å². The molecule has 0 radical (unpaired) electrons. The van der Waals surface area contributed by atoms with Crippen LogP contribution in [-0.2, 0) is 17.3 Å². The van der Waals surface area contributed by atoms with Gasteiger partial charge in [0.15, 0.2) is 0 Å². The molecule has 0 unspecified atom stereocenters. The van der Waals surface area contributed by atoms with Crippen molar-refractivity contribution in [3.8, 4) is 35.7 Å². The second-order valence-corrected chi connectivity index (χ2v) is 18.4. The molecule has 1 nitrogen and oxygen atoms in total. The highest BCUT2D eigenvalue weighted by Crippen LogP contribution is 2.67. The number of alkyl halides is 6. The standard InChI is InChI=1S/C37H34F6OS4/c1-8-23-21(17-26(45-23)24-13-15-28(46-24)33(2,3)4)30-31(36(40,41)37(42,43)35(30,38)39)22-18-27(25-14-16-29(47-25)34(5,6)7)48-32(22)19-9-11-20(44)12-10-19/h9-18,44H,8H2,1-7H3. The van der Waals surface area contributed by atoms with Crippen LogP contribution < -0.4 is 0 Å². The van der Waals surface area contributed by atoms with Crippen LogP contribution in [0.15, 0.2) is 60.7 Å². The highest BCUT2D eigenvalue weighted by atomic mass is 32.1. The van der Waals surface area contributed by atoms with Gasteiger partial charge >= 0.3 is 17.8 Å². The summed E-state index contributed by atoms with van der Waals surface area (Å²) in [6.07, 6.45) is 0.186. The zero-order valence-electron chi connectivity index (χ0n) is 27.3. The molecule has 1 aromatic carbocycles. The number of hydrogen-bond acceptors (Lipinski definition) is 5. The summed E-state index contributed by atoms with van der Waals surface area (Å²) in [6, 6.07) is 15.9. The summed E-state index contributed by atoms with van der Waals surface area (Å²) in [6.45, 7) is 13.9. The summed E-state index contributed by atoms with van der Waals surface area (Å²) in [5.41, 5.74) is -3.40. The molecule has 0 bridgehead atoms. The van der Waals surface area contributed by atoms with E-state index in [1.165, 1.54) is 59.1 Å². The van der Waals surface area contributed by atoms with Crippen LogP contribution in [0.1, 0.15) is 74.2 Å². The van der Waals surface area contributed by atoms with E-state index < -0.39 is 28.9 Å². The van der Waals surface area contributed by atoms with E-state index in [4.69, 9.17) is 0 Å². The molecule has 48 heavy (non-hydrogen) atoms. The van der Waals surface area contributed by atoms with Gasteiger partial charge in [0.25, 0.3) is 0 Å². The normalized spacial score (nSPS) is 17.4. The lowest BCUT2D eigenvalue weighted by Gasteiger charge is -2.26. The molecule has 1 aliphatic rings. The predicted octanol–water partition coefficient (Wildman–Crippen LogP) is 13.6. The first-order valence-corrected chi connectivity index (χ1v) is 18.6. The van der Waals surface area contributed by atoms with Crippen LogP contribution in [0.25, 0.3) is 41.1 Å². The third kappa shape index (κ3) is 5.58. The Morgan fingerprint density at radius 1 is 0.583 bits per heavy atom. The topological polar surface area (TPSA) is 20.2 Å². The number of rotatable bonds is 6. The molecule has 4 heterocycles. The summed E-state index contributed by atoms with van der Waals surface area (Å²) < 4.78 is 95.8. The van der Waals surface area contributed by atoms with Crippen molar-refractivity contribution in [3.63, 3.8) is 0 Å². The summed E-state index contributed by atoms with van der Waals surface area (Å²) >= 11 is 5.13. The monoisotopic (exact) mass is 736 g/mol. The van der Waals surface area contributed by atoms with Gasteiger partial charge in [-0.2, -0.15) is 26.3 Å². The molecule has 1 N–H and O–H groups in total. The van der Waals surface area contributed by atoms with Gasteiger partial charge < -0.3 is 5.11 Å². The van der Waals surface area contributed by atoms with E-state index in [-0.39, 0.29) is 39.0 Å². The molecule has 6 rings (SSSR count). The maximum atomic E-state index is 16.2. The highest BCUT2D eigenvalue weighted by molar-refractivity contribution is 7.24. The minimum Gasteiger partial charge on any atom is -0.508 e. The van der Waals surface area contributed by atoms with E-state index in [0.29, 0.717) is 25.1 Å². The number of phenolic OH excluding ortho intramolecular Hbond substituents is 1.